The summed E-state index contributed by atoms with van der Waals surface area (Å²) in [7, 11) is 2.01. The molecule has 0 aliphatic heterocycles. The number of nitrogens with one attached hydrogen (secondary N) is 1. The molecule has 2 bridgehead atoms. The number of nitrogens with zero attached hydrogens (tertiary/aromatic N) is 2. The van der Waals surface area contributed by atoms with E-state index in [1.54, 1.807) is 0 Å². The highest BCUT2D eigenvalue weighted by Crippen LogP contribution is 2.44. The maximum Gasteiger partial charge on any atom is 0.0518 e. The first-order chi connectivity index (χ1) is 7.33. The lowest BCUT2D eigenvalue weighted by Crippen LogP contribution is -2.33. The van der Waals surface area contributed by atoms with Gasteiger partial charge in [-0.25, -0.2) is 0 Å². The van der Waals surface area contributed by atoms with Gasteiger partial charge in [0.2, 0.25) is 0 Å². The normalized spacial score (nSPS) is 33.8. The Morgan fingerprint density at radius 3 is 3.00 bits per heavy atom. The van der Waals surface area contributed by atoms with Crippen molar-refractivity contribution in [3.8, 4) is 0 Å². The van der Waals surface area contributed by atoms with E-state index in [-0.39, 0.29) is 0 Å². The van der Waals surface area contributed by atoms with Crippen LogP contribution in [0.4, 0.5) is 0 Å². The molecule has 2 aliphatic rings. The highest BCUT2D eigenvalue weighted by atomic mass is 15.3. The van der Waals surface area contributed by atoms with Gasteiger partial charge < -0.3 is 5.32 Å². The zero-order chi connectivity index (χ0) is 10.3. The van der Waals surface area contributed by atoms with Crippen molar-refractivity contribution in [3.05, 3.63) is 18.0 Å². The molecule has 2 aliphatic carbocycles. The van der Waals surface area contributed by atoms with E-state index >= 15 is 0 Å². The lowest BCUT2D eigenvalue weighted by atomic mass is 9.95. The summed E-state index contributed by atoms with van der Waals surface area (Å²) in [5.41, 5.74) is 1.29. The Labute approximate surface area is 90.9 Å². The van der Waals surface area contributed by atoms with E-state index in [9.17, 15) is 0 Å². The van der Waals surface area contributed by atoms with Crippen LogP contribution < -0.4 is 5.32 Å². The predicted octanol–water partition coefficient (Wildman–Crippen LogP) is 1.70. The van der Waals surface area contributed by atoms with Gasteiger partial charge in [-0.2, -0.15) is 5.10 Å². The zero-order valence-electron chi connectivity index (χ0n) is 9.32. The minimum Gasteiger partial charge on any atom is -0.308 e. The molecule has 3 rings (SSSR count). The van der Waals surface area contributed by atoms with Crippen molar-refractivity contribution >= 4 is 0 Å². The fourth-order valence-corrected chi connectivity index (χ4v) is 3.31. The molecule has 3 atom stereocenters. The van der Waals surface area contributed by atoms with Crippen LogP contribution in [0.3, 0.4) is 0 Å². The molecule has 2 saturated carbocycles. The third-order valence-corrected chi connectivity index (χ3v) is 4.21. The minimum atomic E-state index is 0.777. The van der Waals surface area contributed by atoms with E-state index in [1.807, 2.05) is 17.9 Å². The molecular weight excluding hydrogens is 186 g/mol. The molecule has 1 aromatic rings. The zero-order valence-corrected chi connectivity index (χ0v) is 9.32. The van der Waals surface area contributed by atoms with Gasteiger partial charge in [-0.05, 0) is 37.2 Å². The van der Waals surface area contributed by atoms with Gasteiger partial charge in [-0.1, -0.05) is 6.42 Å². The second kappa shape index (κ2) is 3.63. The predicted molar refractivity (Wildman–Crippen MR) is 59.3 cm³/mol. The van der Waals surface area contributed by atoms with Crippen LogP contribution in [0.15, 0.2) is 12.3 Å². The second-order valence-electron chi connectivity index (χ2n) is 5.11. The van der Waals surface area contributed by atoms with Gasteiger partial charge >= 0.3 is 0 Å². The molecule has 82 valence electrons. The molecule has 3 nitrogen and oxygen atoms in total. The molecule has 2 fully saturated rings. The number of hydrogen-bond donors (Lipinski definition) is 1. The fraction of sp³-hybridized carbons (Fsp3) is 0.750. The summed E-state index contributed by atoms with van der Waals surface area (Å²) in [4.78, 5) is 0. The number of hydrogen-bond acceptors (Lipinski definition) is 2. The van der Waals surface area contributed by atoms with E-state index < -0.39 is 0 Å². The van der Waals surface area contributed by atoms with Gasteiger partial charge in [0.05, 0.1) is 5.69 Å². The molecule has 0 aromatic carbocycles. The van der Waals surface area contributed by atoms with Crippen molar-refractivity contribution < 1.29 is 0 Å². The van der Waals surface area contributed by atoms with Crippen LogP contribution in [0.25, 0.3) is 0 Å². The van der Waals surface area contributed by atoms with E-state index in [2.05, 4.69) is 16.5 Å². The van der Waals surface area contributed by atoms with E-state index in [0.29, 0.717) is 0 Å². The standard InChI is InChI=1S/C12H19N3/c1-15-11(4-5-14-15)8-13-12-7-9-2-3-10(12)6-9/h4-5,9-10,12-13H,2-3,6-8H2,1H3. The molecule has 0 spiro atoms. The lowest BCUT2D eigenvalue weighted by Gasteiger charge is -2.22. The van der Waals surface area contributed by atoms with Gasteiger partial charge in [0, 0.05) is 25.8 Å². The minimum absolute atomic E-state index is 0.777. The monoisotopic (exact) mass is 205 g/mol. The van der Waals surface area contributed by atoms with E-state index in [4.69, 9.17) is 0 Å². The maximum absolute atomic E-state index is 4.19. The third-order valence-electron chi connectivity index (χ3n) is 4.21. The molecule has 3 heteroatoms. The SMILES string of the molecule is Cn1nccc1CNC1CC2CCC1C2. The molecule has 3 unspecified atom stereocenters. The van der Waals surface area contributed by atoms with Crippen molar-refractivity contribution in [3.63, 3.8) is 0 Å². The molecule has 15 heavy (non-hydrogen) atoms. The average Bonchev–Trinajstić information content (AvgIpc) is 2.90. The summed E-state index contributed by atoms with van der Waals surface area (Å²) in [6.45, 7) is 0.977. The van der Waals surface area contributed by atoms with Gasteiger partial charge in [0.1, 0.15) is 0 Å². The number of aryl methyl sites for hydroxylation is 1. The largest absolute Gasteiger partial charge is 0.308 e. The van der Waals surface area contributed by atoms with Gasteiger partial charge in [-0.15, -0.1) is 0 Å². The first-order valence-corrected chi connectivity index (χ1v) is 6.03. The summed E-state index contributed by atoms with van der Waals surface area (Å²) < 4.78 is 1.96. The summed E-state index contributed by atoms with van der Waals surface area (Å²) in [5.74, 6) is 1.99. The van der Waals surface area contributed by atoms with Crippen LogP contribution in [0.5, 0.6) is 0 Å². The Balaban J connectivity index is 1.57. The maximum atomic E-state index is 4.19. The summed E-state index contributed by atoms with van der Waals surface area (Å²) in [6.07, 6.45) is 7.69. The fourth-order valence-electron chi connectivity index (χ4n) is 3.31. The van der Waals surface area contributed by atoms with E-state index in [0.717, 1.165) is 24.4 Å². The average molecular weight is 205 g/mol. The molecule has 1 N–H and O–H groups in total. The molecule has 0 saturated heterocycles. The van der Waals surface area contributed by atoms with Crippen molar-refractivity contribution in [1.82, 2.24) is 15.1 Å². The van der Waals surface area contributed by atoms with Crippen LogP contribution in [0.1, 0.15) is 31.4 Å². The topological polar surface area (TPSA) is 29.9 Å². The van der Waals surface area contributed by atoms with Crippen molar-refractivity contribution in [2.24, 2.45) is 18.9 Å². The first kappa shape index (κ1) is 9.40. The van der Waals surface area contributed by atoms with Crippen LogP contribution in [0.2, 0.25) is 0 Å². The molecule has 1 heterocycles. The van der Waals surface area contributed by atoms with Crippen molar-refractivity contribution in [2.45, 2.75) is 38.3 Å². The Hall–Kier alpha value is -0.830. The quantitative estimate of drug-likeness (QED) is 0.814. The van der Waals surface area contributed by atoms with Gasteiger partial charge in [0.25, 0.3) is 0 Å². The Morgan fingerprint density at radius 2 is 2.40 bits per heavy atom. The summed E-state index contributed by atoms with van der Waals surface area (Å²) >= 11 is 0. The number of aromatic nitrogens is 2. The molecule has 0 radical (unpaired) electrons. The van der Waals surface area contributed by atoms with Crippen LogP contribution in [-0.2, 0) is 13.6 Å². The van der Waals surface area contributed by atoms with Crippen LogP contribution in [0, 0.1) is 11.8 Å². The molecule has 1 aromatic heterocycles. The van der Waals surface area contributed by atoms with Crippen molar-refractivity contribution in [2.75, 3.05) is 0 Å². The highest BCUT2D eigenvalue weighted by molar-refractivity contribution is 5.01. The second-order valence-corrected chi connectivity index (χ2v) is 5.11. The lowest BCUT2D eigenvalue weighted by molar-refractivity contribution is 0.347. The number of rotatable bonds is 3. The smallest absolute Gasteiger partial charge is 0.0518 e. The molecular formula is C12H19N3. The Bertz CT molecular complexity index is 344. The summed E-state index contributed by atoms with van der Waals surface area (Å²) in [6, 6.07) is 2.87. The van der Waals surface area contributed by atoms with E-state index in [1.165, 1.54) is 31.4 Å². The first-order valence-electron chi connectivity index (χ1n) is 6.03. The number of fused-ring (bicyclic) bond motifs is 2. The van der Waals surface area contributed by atoms with Crippen LogP contribution in [-0.4, -0.2) is 15.8 Å². The van der Waals surface area contributed by atoms with Gasteiger partial charge in [-0.3, -0.25) is 4.68 Å². The third kappa shape index (κ3) is 1.69. The highest BCUT2D eigenvalue weighted by Gasteiger charge is 2.38. The van der Waals surface area contributed by atoms with Crippen molar-refractivity contribution in [1.29, 1.82) is 0 Å². The summed E-state index contributed by atoms with van der Waals surface area (Å²) in [5, 5.41) is 7.88. The Morgan fingerprint density at radius 1 is 1.47 bits per heavy atom. The molecule has 0 amide bonds. The van der Waals surface area contributed by atoms with Gasteiger partial charge in [0.15, 0.2) is 0 Å². The Kier molecular flexibility index (Phi) is 2.28. The van der Waals surface area contributed by atoms with Crippen LogP contribution >= 0.6 is 0 Å².